The van der Waals surface area contributed by atoms with Crippen LogP contribution >= 0.6 is 0 Å². The standard InChI is InChI=1S/C25H36N2O3S/c1-5-7-17-25(20-28,18-8-6-2)24(21-13-12-14-22(19-21)27(3)4)26-31(29,30)23-15-10-9-11-16-23/h9-16,19-20,24,26H,5-8,17-18H2,1-4H3. The molecule has 0 aliphatic heterocycles. The third-order valence-corrected chi connectivity index (χ3v) is 7.29. The molecule has 2 aromatic carbocycles. The summed E-state index contributed by atoms with van der Waals surface area (Å²) in [7, 11) is 0.0891. The third-order valence-electron chi connectivity index (χ3n) is 5.85. The number of hydrogen-bond donors (Lipinski definition) is 1. The van der Waals surface area contributed by atoms with E-state index in [4.69, 9.17) is 0 Å². The number of anilines is 1. The Morgan fingerprint density at radius 3 is 2.10 bits per heavy atom. The monoisotopic (exact) mass is 444 g/mol. The van der Waals surface area contributed by atoms with Gasteiger partial charge in [-0.25, -0.2) is 13.1 Å². The summed E-state index contributed by atoms with van der Waals surface area (Å²) in [5.41, 5.74) is 0.968. The Bertz CT molecular complexity index is 919. The second kappa shape index (κ2) is 11.4. The summed E-state index contributed by atoms with van der Waals surface area (Å²) in [5.74, 6) is 0. The van der Waals surface area contributed by atoms with Crippen LogP contribution in [0.4, 0.5) is 5.69 Å². The molecule has 0 saturated heterocycles. The van der Waals surface area contributed by atoms with E-state index in [1.807, 2.05) is 43.3 Å². The second-order valence-corrected chi connectivity index (χ2v) is 10.1. The molecule has 0 radical (unpaired) electrons. The molecule has 5 nitrogen and oxygen atoms in total. The van der Waals surface area contributed by atoms with E-state index in [0.717, 1.165) is 43.2 Å². The molecular formula is C25H36N2O3S. The molecule has 0 fully saturated rings. The lowest BCUT2D eigenvalue weighted by atomic mass is 9.71. The zero-order chi connectivity index (χ0) is 22.9. The van der Waals surface area contributed by atoms with E-state index in [1.165, 1.54) is 0 Å². The molecule has 0 aliphatic carbocycles. The summed E-state index contributed by atoms with van der Waals surface area (Å²) < 4.78 is 29.5. The number of nitrogens with one attached hydrogen (secondary N) is 1. The first-order valence-corrected chi connectivity index (χ1v) is 12.6. The number of benzene rings is 2. The Morgan fingerprint density at radius 2 is 1.58 bits per heavy atom. The Balaban J connectivity index is 2.62. The number of hydrogen-bond acceptors (Lipinski definition) is 4. The topological polar surface area (TPSA) is 66.5 Å². The number of unbranched alkanes of at least 4 members (excludes halogenated alkanes) is 2. The van der Waals surface area contributed by atoms with E-state index < -0.39 is 21.5 Å². The minimum atomic E-state index is -3.81. The maximum Gasteiger partial charge on any atom is 0.241 e. The molecule has 6 heteroatoms. The molecule has 2 rings (SSSR count). The van der Waals surface area contributed by atoms with Crippen LogP contribution in [0.25, 0.3) is 0 Å². The largest absolute Gasteiger partial charge is 0.378 e. The molecule has 1 unspecified atom stereocenters. The zero-order valence-corrected chi connectivity index (χ0v) is 20.0. The predicted octanol–water partition coefficient (Wildman–Crippen LogP) is 5.34. The molecule has 0 amide bonds. The van der Waals surface area contributed by atoms with Gasteiger partial charge in [-0.2, -0.15) is 0 Å². The van der Waals surface area contributed by atoms with Gasteiger partial charge in [-0.05, 0) is 42.7 Å². The summed E-state index contributed by atoms with van der Waals surface area (Å²) in [5, 5.41) is 0. The SMILES string of the molecule is CCCCC(C=O)(CCCC)C(NS(=O)(=O)c1ccccc1)c1cccc(N(C)C)c1. The Morgan fingerprint density at radius 1 is 0.968 bits per heavy atom. The van der Waals surface area contributed by atoms with Crippen LogP contribution in [0.3, 0.4) is 0 Å². The van der Waals surface area contributed by atoms with Crippen LogP contribution in [0, 0.1) is 5.41 Å². The van der Waals surface area contributed by atoms with Crippen LogP contribution in [0.1, 0.15) is 64.0 Å². The van der Waals surface area contributed by atoms with Crippen molar-refractivity contribution >= 4 is 22.0 Å². The van der Waals surface area contributed by atoms with Crippen LogP contribution in [0.2, 0.25) is 0 Å². The molecule has 2 aromatic rings. The maximum absolute atomic E-state index is 13.3. The minimum Gasteiger partial charge on any atom is -0.378 e. The van der Waals surface area contributed by atoms with Gasteiger partial charge in [-0.3, -0.25) is 0 Å². The minimum absolute atomic E-state index is 0.203. The van der Waals surface area contributed by atoms with E-state index in [1.54, 1.807) is 30.3 Å². The first-order valence-electron chi connectivity index (χ1n) is 11.1. The summed E-state index contributed by atoms with van der Waals surface area (Å²) in [6.45, 7) is 4.18. The van der Waals surface area contributed by atoms with Crippen LogP contribution in [0.15, 0.2) is 59.5 Å². The Labute approximate surface area is 187 Å². The lowest BCUT2D eigenvalue weighted by Gasteiger charge is -2.37. The van der Waals surface area contributed by atoms with Crippen molar-refractivity contribution in [3.8, 4) is 0 Å². The van der Waals surface area contributed by atoms with Gasteiger partial charge in [-0.1, -0.05) is 69.9 Å². The van der Waals surface area contributed by atoms with E-state index in [2.05, 4.69) is 18.6 Å². The van der Waals surface area contributed by atoms with Gasteiger partial charge in [-0.15, -0.1) is 0 Å². The van der Waals surface area contributed by atoms with Crippen molar-refractivity contribution in [2.75, 3.05) is 19.0 Å². The van der Waals surface area contributed by atoms with Gasteiger partial charge in [0.2, 0.25) is 10.0 Å². The van der Waals surface area contributed by atoms with Gasteiger partial charge in [0.1, 0.15) is 6.29 Å². The lowest BCUT2D eigenvalue weighted by Crippen LogP contribution is -2.42. The van der Waals surface area contributed by atoms with Crippen molar-refractivity contribution in [3.63, 3.8) is 0 Å². The number of aldehydes is 1. The van der Waals surface area contributed by atoms with Gasteiger partial charge in [0.05, 0.1) is 10.9 Å². The predicted molar refractivity (Wildman–Crippen MR) is 128 cm³/mol. The number of nitrogens with zero attached hydrogens (tertiary/aromatic N) is 1. The summed E-state index contributed by atoms with van der Waals surface area (Å²) in [6, 6.07) is 15.5. The normalized spacial score (nSPS) is 13.0. The number of sulfonamides is 1. The van der Waals surface area contributed by atoms with Crippen molar-refractivity contribution in [1.82, 2.24) is 4.72 Å². The molecule has 31 heavy (non-hydrogen) atoms. The molecule has 0 bridgehead atoms. The molecule has 0 aliphatic rings. The second-order valence-electron chi connectivity index (χ2n) is 8.41. The van der Waals surface area contributed by atoms with Gasteiger partial charge in [0, 0.05) is 25.2 Å². The average molecular weight is 445 g/mol. The fraction of sp³-hybridized carbons (Fsp3) is 0.480. The molecule has 0 spiro atoms. The van der Waals surface area contributed by atoms with Crippen LogP contribution in [-0.2, 0) is 14.8 Å². The van der Waals surface area contributed by atoms with Gasteiger partial charge in [0.25, 0.3) is 0 Å². The highest BCUT2D eigenvalue weighted by atomic mass is 32.2. The quantitative estimate of drug-likeness (QED) is 0.424. The molecule has 0 heterocycles. The van der Waals surface area contributed by atoms with E-state index in [-0.39, 0.29) is 4.90 Å². The van der Waals surface area contributed by atoms with E-state index in [9.17, 15) is 13.2 Å². The van der Waals surface area contributed by atoms with Crippen LogP contribution in [0.5, 0.6) is 0 Å². The van der Waals surface area contributed by atoms with Gasteiger partial charge >= 0.3 is 0 Å². The van der Waals surface area contributed by atoms with Crippen LogP contribution < -0.4 is 9.62 Å². The van der Waals surface area contributed by atoms with Crippen molar-refractivity contribution < 1.29 is 13.2 Å². The van der Waals surface area contributed by atoms with Crippen LogP contribution in [-0.4, -0.2) is 28.8 Å². The summed E-state index contributed by atoms with van der Waals surface area (Å²) in [6.07, 6.45) is 5.88. The molecule has 170 valence electrons. The lowest BCUT2D eigenvalue weighted by molar-refractivity contribution is -0.118. The van der Waals surface area contributed by atoms with Gasteiger partial charge < -0.3 is 9.69 Å². The highest BCUT2D eigenvalue weighted by molar-refractivity contribution is 7.89. The van der Waals surface area contributed by atoms with Gasteiger partial charge in [0.15, 0.2) is 0 Å². The van der Waals surface area contributed by atoms with E-state index in [0.29, 0.717) is 12.8 Å². The van der Waals surface area contributed by atoms with Crippen molar-refractivity contribution in [2.24, 2.45) is 5.41 Å². The van der Waals surface area contributed by atoms with Crippen molar-refractivity contribution in [2.45, 2.75) is 63.3 Å². The first-order chi connectivity index (χ1) is 14.8. The average Bonchev–Trinajstić information content (AvgIpc) is 2.79. The Hall–Kier alpha value is -2.18. The zero-order valence-electron chi connectivity index (χ0n) is 19.2. The smallest absolute Gasteiger partial charge is 0.241 e. The number of carbonyl (C=O) groups is 1. The number of carbonyl (C=O) groups excluding carboxylic acids is 1. The molecule has 1 atom stereocenters. The molecular weight excluding hydrogens is 408 g/mol. The molecule has 1 N–H and O–H groups in total. The van der Waals surface area contributed by atoms with Crippen molar-refractivity contribution in [1.29, 1.82) is 0 Å². The molecule has 0 aromatic heterocycles. The highest BCUT2D eigenvalue weighted by Gasteiger charge is 2.41. The summed E-state index contributed by atoms with van der Waals surface area (Å²) >= 11 is 0. The van der Waals surface area contributed by atoms with Crippen molar-refractivity contribution in [3.05, 3.63) is 60.2 Å². The number of rotatable bonds is 13. The molecule has 0 saturated carbocycles. The third kappa shape index (κ3) is 6.40. The maximum atomic E-state index is 13.3. The van der Waals surface area contributed by atoms with E-state index >= 15 is 0 Å². The fourth-order valence-electron chi connectivity index (χ4n) is 3.93. The first kappa shape index (κ1) is 25.1. The summed E-state index contributed by atoms with van der Waals surface area (Å²) in [4.78, 5) is 14.8. The Kier molecular flexibility index (Phi) is 9.26. The highest BCUT2D eigenvalue weighted by Crippen LogP contribution is 2.43. The fourth-order valence-corrected chi connectivity index (χ4v) is 5.27.